The van der Waals surface area contributed by atoms with Gasteiger partial charge in [-0.05, 0) is 43.3 Å². The van der Waals surface area contributed by atoms with Gasteiger partial charge in [-0.2, -0.15) is 0 Å². The highest BCUT2D eigenvalue weighted by atomic mass is 32.2. The molecule has 1 aromatic carbocycles. The molecule has 0 aliphatic carbocycles. The number of ether oxygens (including phenoxy) is 1. The molecule has 0 atom stereocenters. The molecule has 0 fully saturated rings. The number of rotatable bonds is 5. The Kier molecular flexibility index (Phi) is 4.72. The van der Waals surface area contributed by atoms with Crippen LogP contribution < -0.4 is 4.31 Å². The van der Waals surface area contributed by atoms with Gasteiger partial charge in [-0.25, -0.2) is 13.2 Å². The van der Waals surface area contributed by atoms with E-state index < -0.39 is 16.0 Å². The quantitative estimate of drug-likeness (QED) is 0.845. The lowest BCUT2D eigenvalue weighted by Gasteiger charge is -2.21. The van der Waals surface area contributed by atoms with Crippen LogP contribution in [0.4, 0.5) is 5.69 Å². The zero-order valence-corrected chi connectivity index (χ0v) is 13.6. The number of hydrogen-bond donors (Lipinski definition) is 1. The highest BCUT2D eigenvalue weighted by Gasteiger charge is 2.26. The van der Waals surface area contributed by atoms with Crippen LogP contribution in [-0.4, -0.2) is 33.1 Å². The van der Waals surface area contributed by atoms with Crippen LogP contribution >= 0.6 is 11.3 Å². The van der Waals surface area contributed by atoms with Crippen LogP contribution in [-0.2, 0) is 14.8 Å². The van der Waals surface area contributed by atoms with Gasteiger partial charge in [0.05, 0.1) is 12.8 Å². The third-order valence-corrected chi connectivity index (χ3v) is 6.37. The zero-order valence-electron chi connectivity index (χ0n) is 12.0. The smallest absolute Gasteiger partial charge is 0.348 e. The van der Waals surface area contributed by atoms with E-state index in [1.807, 2.05) is 0 Å². The number of carbonyl (C=O) groups is 1. The number of aromatic hydroxyl groups is 1. The molecule has 2 rings (SSSR count). The summed E-state index contributed by atoms with van der Waals surface area (Å²) < 4.78 is 31.2. The summed E-state index contributed by atoms with van der Waals surface area (Å²) in [5.41, 5.74) is 0.438. The molecule has 0 aliphatic heterocycles. The molecule has 0 saturated heterocycles. The second-order valence-electron chi connectivity index (χ2n) is 4.30. The maximum absolute atomic E-state index is 12.7. The van der Waals surface area contributed by atoms with E-state index >= 15 is 0 Å². The molecule has 2 aromatic rings. The van der Waals surface area contributed by atoms with Crippen molar-refractivity contribution in [1.82, 2.24) is 0 Å². The van der Waals surface area contributed by atoms with Gasteiger partial charge >= 0.3 is 5.97 Å². The van der Waals surface area contributed by atoms with Gasteiger partial charge in [0.1, 0.15) is 14.8 Å². The molecule has 0 aliphatic rings. The van der Waals surface area contributed by atoms with Crippen molar-refractivity contribution in [1.29, 1.82) is 0 Å². The van der Waals surface area contributed by atoms with Gasteiger partial charge in [0.25, 0.3) is 10.0 Å². The summed E-state index contributed by atoms with van der Waals surface area (Å²) in [5, 5.41) is 9.31. The number of nitrogens with zero attached hydrogens (tertiary/aromatic N) is 1. The molecule has 0 bridgehead atoms. The molecular formula is C14H15NO5S2. The Morgan fingerprint density at radius 3 is 2.41 bits per heavy atom. The number of phenols is 1. The molecule has 118 valence electrons. The minimum atomic E-state index is -3.78. The van der Waals surface area contributed by atoms with Gasteiger partial charge in [-0.1, -0.05) is 0 Å². The lowest BCUT2D eigenvalue weighted by Crippen LogP contribution is -2.30. The molecule has 8 heteroatoms. The van der Waals surface area contributed by atoms with Gasteiger partial charge in [0, 0.05) is 6.54 Å². The minimum Gasteiger partial charge on any atom is -0.508 e. The van der Waals surface area contributed by atoms with Crippen LogP contribution in [0.3, 0.4) is 0 Å². The van der Waals surface area contributed by atoms with Crippen LogP contribution in [0.25, 0.3) is 0 Å². The first-order chi connectivity index (χ1) is 10.4. The van der Waals surface area contributed by atoms with Crippen molar-refractivity contribution < 1.29 is 23.1 Å². The Bertz CT molecular complexity index is 765. The second kappa shape index (κ2) is 6.37. The molecule has 22 heavy (non-hydrogen) atoms. The van der Waals surface area contributed by atoms with E-state index in [0.29, 0.717) is 5.69 Å². The number of methoxy groups -OCH3 is 1. The Morgan fingerprint density at radius 1 is 1.23 bits per heavy atom. The Hall–Kier alpha value is -2.06. The van der Waals surface area contributed by atoms with Crippen molar-refractivity contribution in [3.8, 4) is 5.75 Å². The lowest BCUT2D eigenvalue weighted by molar-refractivity contribution is 0.0606. The van der Waals surface area contributed by atoms with Crippen molar-refractivity contribution in [3.63, 3.8) is 0 Å². The molecule has 1 N–H and O–H groups in total. The van der Waals surface area contributed by atoms with Crippen molar-refractivity contribution in [2.45, 2.75) is 11.1 Å². The molecular weight excluding hydrogens is 326 g/mol. The summed E-state index contributed by atoms with van der Waals surface area (Å²) in [6.07, 6.45) is 0. The van der Waals surface area contributed by atoms with Crippen LogP contribution in [0, 0.1) is 0 Å². The first-order valence-electron chi connectivity index (χ1n) is 6.40. The van der Waals surface area contributed by atoms with E-state index in [-0.39, 0.29) is 21.4 Å². The molecule has 6 nitrogen and oxygen atoms in total. The average Bonchev–Trinajstić information content (AvgIpc) is 2.99. The summed E-state index contributed by atoms with van der Waals surface area (Å²) >= 11 is 0.860. The number of anilines is 1. The summed E-state index contributed by atoms with van der Waals surface area (Å²) in [6.45, 7) is 1.93. The van der Waals surface area contributed by atoms with Crippen molar-refractivity contribution in [3.05, 3.63) is 41.3 Å². The number of thiophene rings is 1. The van der Waals surface area contributed by atoms with Crippen molar-refractivity contribution >= 4 is 33.0 Å². The predicted octanol–water partition coefficient (Wildman–Crippen LogP) is 2.46. The molecule has 1 aromatic heterocycles. The third-order valence-electron chi connectivity index (χ3n) is 2.94. The van der Waals surface area contributed by atoms with Crippen LogP contribution in [0.2, 0.25) is 0 Å². The van der Waals surface area contributed by atoms with E-state index in [1.165, 1.54) is 47.8 Å². The summed E-state index contributed by atoms with van der Waals surface area (Å²) in [6, 6.07) is 8.68. The van der Waals surface area contributed by atoms with Gasteiger partial charge in [0.15, 0.2) is 0 Å². The number of esters is 1. The molecule has 0 saturated carbocycles. The molecule has 1 heterocycles. The first-order valence-corrected chi connectivity index (χ1v) is 8.65. The maximum Gasteiger partial charge on any atom is 0.348 e. The zero-order chi connectivity index (χ0) is 16.3. The third kappa shape index (κ3) is 3.07. The van der Waals surface area contributed by atoms with Gasteiger partial charge in [-0.15, -0.1) is 11.3 Å². The largest absolute Gasteiger partial charge is 0.508 e. The van der Waals surface area contributed by atoms with Crippen molar-refractivity contribution in [2.24, 2.45) is 0 Å². The van der Waals surface area contributed by atoms with Crippen LogP contribution in [0.5, 0.6) is 5.75 Å². The van der Waals surface area contributed by atoms with Gasteiger partial charge in [-0.3, -0.25) is 4.31 Å². The SMILES string of the molecule is CCN(c1ccc(O)cc1)S(=O)(=O)c1ccc(C(=O)OC)s1. The van der Waals surface area contributed by atoms with Crippen LogP contribution in [0.15, 0.2) is 40.6 Å². The number of carbonyl (C=O) groups excluding carboxylic acids is 1. The summed E-state index contributed by atoms with van der Waals surface area (Å²) in [4.78, 5) is 11.7. The van der Waals surface area contributed by atoms with E-state index in [2.05, 4.69) is 4.74 Å². The van der Waals surface area contributed by atoms with Crippen molar-refractivity contribution in [2.75, 3.05) is 18.0 Å². The standard InChI is InChI=1S/C14H15NO5S2/c1-3-15(10-4-6-11(16)7-5-10)22(18,19)13-9-8-12(21-13)14(17)20-2/h4-9,16H,3H2,1-2H3. The monoisotopic (exact) mass is 341 g/mol. The first kappa shape index (κ1) is 16.3. The Balaban J connectivity index is 2.40. The highest BCUT2D eigenvalue weighted by Crippen LogP contribution is 2.29. The van der Waals surface area contributed by atoms with Gasteiger partial charge < -0.3 is 9.84 Å². The Morgan fingerprint density at radius 2 is 1.86 bits per heavy atom. The second-order valence-corrected chi connectivity index (χ2v) is 7.47. The topological polar surface area (TPSA) is 83.9 Å². The van der Waals surface area contributed by atoms with E-state index in [0.717, 1.165) is 11.3 Å². The van der Waals surface area contributed by atoms with Crippen LogP contribution in [0.1, 0.15) is 16.6 Å². The fraction of sp³-hybridized carbons (Fsp3) is 0.214. The molecule has 0 amide bonds. The Labute approximate surface area is 132 Å². The predicted molar refractivity (Wildman–Crippen MR) is 84.0 cm³/mol. The summed E-state index contributed by atoms with van der Waals surface area (Å²) in [7, 11) is -2.53. The molecule has 0 radical (unpaired) electrons. The number of hydrogen-bond acceptors (Lipinski definition) is 6. The van der Waals surface area contributed by atoms with E-state index in [4.69, 9.17) is 0 Å². The van der Waals surface area contributed by atoms with E-state index in [1.54, 1.807) is 6.92 Å². The molecule has 0 spiro atoms. The fourth-order valence-corrected chi connectivity index (χ4v) is 4.70. The minimum absolute atomic E-state index is 0.0568. The number of sulfonamides is 1. The normalized spacial score (nSPS) is 11.2. The maximum atomic E-state index is 12.7. The number of benzene rings is 1. The average molecular weight is 341 g/mol. The lowest BCUT2D eigenvalue weighted by atomic mass is 10.3. The molecule has 0 unspecified atom stereocenters. The van der Waals surface area contributed by atoms with Gasteiger partial charge in [0.2, 0.25) is 0 Å². The van der Waals surface area contributed by atoms with E-state index in [9.17, 15) is 18.3 Å². The fourth-order valence-electron chi connectivity index (χ4n) is 1.89. The highest BCUT2D eigenvalue weighted by molar-refractivity contribution is 7.94. The number of phenolic OH excluding ortho intramolecular Hbond substituents is 1. The summed E-state index contributed by atoms with van der Waals surface area (Å²) in [5.74, 6) is -0.513.